The molecular formula is C26H30F3N5O3. The largest absolute Gasteiger partial charge is 0.493 e. The Labute approximate surface area is 212 Å². The van der Waals surface area contributed by atoms with E-state index < -0.39 is 11.7 Å². The van der Waals surface area contributed by atoms with Gasteiger partial charge in [-0.15, -0.1) is 0 Å². The smallest absolute Gasteiger partial charge is 0.416 e. The first-order valence-electron chi connectivity index (χ1n) is 12.0. The highest BCUT2D eigenvalue weighted by Crippen LogP contribution is 2.37. The number of aromatic nitrogens is 3. The molecule has 8 nitrogen and oxygen atoms in total. The van der Waals surface area contributed by atoms with E-state index in [4.69, 9.17) is 19.9 Å². The Kier molecular flexibility index (Phi) is 7.91. The number of methoxy groups -OCH3 is 1. The molecule has 0 radical (unpaired) electrons. The molecule has 3 N–H and O–H groups in total. The SMILES string of the molecule is CCC.COc1cc2c(cc1OC1CCOC1)c(NCc1cc(N)cc(C(F)(F)F)c1)nc1nccn12. The topological polar surface area (TPSA) is 95.9 Å². The maximum atomic E-state index is 13.2. The first-order chi connectivity index (χ1) is 17.7. The number of nitrogens with one attached hydrogen (secondary N) is 1. The van der Waals surface area contributed by atoms with Crippen molar-refractivity contribution in [2.24, 2.45) is 0 Å². The molecule has 0 saturated carbocycles. The Morgan fingerprint density at radius 3 is 2.62 bits per heavy atom. The standard InChI is InChI=1S/C23H22F3N5O3.C3H8/c1-32-19-10-18-17(9-20(19)34-16-2-5-33-12-16)21(30-22-28-3-4-31(18)22)29-11-13-6-14(23(24,25)26)8-15(27)7-13;1-3-2/h3-4,6-10,16H,2,5,11-12,27H2,1H3,(H,28,29,30);3H2,1-2H3. The molecule has 37 heavy (non-hydrogen) atoms. The van der Waals surface area contributed by atoms with Gasteiger partial charge in [-0.2, -0.15) is 18.2 Å². The van der Waals surface area contributed by atoms with Crippen molar-refractivity contribution < 1.29 is 27.4 Å². The van der Waals surface area contributed by atoms with Crippen LogP contribution in [0.5, 0.6) is 11.5 Å². The van der Waals surface area contributed by atoms with Crippen LogP contribution in [-0.4, -0.2) is 40.8 Å². The molecule has 0 bridgehead atoms. The third-order valence-electron chi connectivity index (χ3n) is 5.61. The van der Waals surface area contributed by atoms with Gasteiger partial charge in [0.2, 0.25) is 5.78 Å². The fourth-order valence-electron chi connectivity index (χ4n) is 4.01. The maximum absolute atomic E-state index is 13.2. The Bertz CT molecular complexity index is 1370. The molecule has 11 heteroatoms. The van der Waals surface area contributed by atoms with Gasteiger partial charge in [-0.1, -0.05) is 20.3 Å². The zero-order valence-electron chi connectivity index (χ0n) is 20.9. The van der Waals surface area contributed by atoms with Crippen molar-refractivity contribution in [3.05, 3.63) is 53.9 Å². The summed E-state index contributed by atoms with van der Waals surface area (Å²) in [6, 6.07) is 7.11. The van der Waals surface area contributed by atoms with E-state index >= 15 is 0 Å². The summed E-state index contributed by atoms with van der Waals surface area (Å²) in [7, 11) is 1.56. The number of anilines is 2. The van der Waals surface area contributed by atoms with Crippen LogP contribution in [0.15, 0.2) is 42.7 Å². The summed E-state index contributed by atoms with van der Waals surface area (Å²) in [5.74, 6) is 1.94. The minimum absolute atomic E-state index is 0.0346. The summed E-state index contributed by atoms with van der Waals surface area (Å²) >= 11 is 0. The molecule has 1 aliphatic rings. The number of nitrogen functional groups attached to an aromatic ring is 1. The second-order valence-electron chi connectivity index (χ2n) is 8.70. The highest BCUT2D eigenvalue weighted by molar-refractivity contribution is 5.93. The monoisotopic (exact) mass is 517 g/mol. The lowest BCUT2D eigenvalue weighted by Crippen LogP contribution is -2.16. The average molecular weight is 518 g/mol. The van der Waals surface area contributed by atoms with Gasteiger partial charge in [-0.3, -0.25) is 4.40 Å². The van der Waals surface area contributed by atoms with Crippen molar-refractivity contribution in [2.45, 2.75) is 45.5 Å². The zero-order chi connectivity index (χ0) is 26.6. The average Bonchev–Trinajstić information content (AvgIpc) is 3.54. The van der Waals surface area contributed by atoms with Crippen LogP contribution in [0, 0.1) is 0 Å². The number of hydrogen-bond acceptors (Lipinski definition) is 7. The van der Waals surface area contributed by atoms with Crippen LogP contribution in [-0.2, 0) is 17.5 Å². The molecule has 0 amide bonds. The number of halogens is 3. The van der Waals surface area contributed by atoms with Crippen molar-refractivity contribution in [1.29, 1.82) is 0 Å². The van der Waals surface area contributed by atoms with E-state index in [2.05, 4.69) is 29.1 Å². The van der Waals surface area contributed by atoms with Gasteiger partial charge in [0.25, 0.3) is 0 Å². The minimum atomic E-state index is -4.49. The minimum Gasteiger partial charge on any atom is -0.493 e. The molecule has 5 rings (SSSR count). The molecular weight excluding hydrogens is 487 g/mol. The second-order valence-corrected chi connectivity index (χ2v) is 8.70. The lowest BCUT2D eigenvalue weighted by molar-refractivity contribution is -0.137. The lowest BCUT2D eigenvalue weighted by Gasteiger charge is -2.18. The molecule has 0 spiro atoms. The van der Waals surface area contributed by atoms with E-state index in [9.17, 15) is 13.2 Å². The molecule has 1 atom stereocenters. The summed E-state index contributed by atoms with van der Waals surface area (Å²) in [6.07, 6.45) is 0.817. The predicted molar refractivity (Wildman–Crippen MR) is 136 cm³/mol. The Hall–Kier alpha value is -3.73. The Morgan fingerprint density at radius 2 is 1.95 bits per heavy atom. The van der Waals surface area contributed by atoms with E-state index in [1.54, 1.807) is 23.9 Å². The first kappa shape index (κ1) is 26.3. The van der Waals surface area contributed by atoms with Crippen LogP contribution < -0.4 is 20.5 Å². The number of rotatable bonds is 6. The summed E-state index contributed by atoms with van der Waals surface area (Å²) in [6.45, 7) is 5.44. The van der Waals surface area contributed by atoms with Gasteiger partial charge in [-0.05, 0) is 29.8 Å². The quantitative estimate of drug-likeness (QED) is 0.317. The molecule has 0 aliphatic carbocycles. The summed E-state index contributed by atoms with van der Waals surface area (Å²) in [4.78, 5) is 8.83. The Balaban J connectivity index is 0.00000102. The molecule has 2 aromatic carbocycles. The van der Waals surface area contributed by atoms with E-state index in [1.807, 2.05) is 12.1 Å². The Morgan fingerprint density at radius 1 is 1.16 bits per heavy atom. The summed E-state index contributed by atoms with van der Waals surface area (Å²) in [5, 5.41) is 3.84. The van der Waals surface area contributed by atoms with Crippen LogP contribution in [0.3, 0.4) is 0 Å². The van der Waals surface area contributed by atoms with Gasteiger partial charge in [0.1, 0.15) is 11.9 Å². The van der Waals surface area contributed by atoms with Crippen molar-refractivity contribution in [3.63, 3.8) is 0 Å². The fourth-order valence-corrected chi connectivity index (χ4v) is 4.01. The number of alkyl halides is 3. The molecule has 3 heterocycles. The van der Waals surface area contributed by atoms with Gasteiger partial charge in [0.15, 0.2) is 11.5 Å². The van der Waals surface area contributed by atoms with Gasteiger partial charge < -0.3 is 25.3 Å². The maximum Gasteiger partial charge on any atom is 0.416 e. The molecule has 2 aromatic heterocycles. The lowest BCUT2D eigenvalue weighted by atomic mass is 10.1. The number of fused-ring (bicyclic) bond motifs is 3. The zero-order valence-corrected chi connectivity index (χ0v) is 20.9. The molecule has 1 unspecified atom stereocenters. The molecule has 1 saturated heterocycles. The van der Waals surface area contributed by atoms with Gasteiger partial charge in [-0.25, -0.2) is 4.98 Å². The second kappa shape index (κ2) is 11.1. The van der Waals surface area contributed by atoms with Gasteiger partial charge in [0, 0.05) is 42.5 Å². The normalized spacial score (nSPS) is 15.5. The summed E-state index contributed by atoms with van der Waals surface area (Å²) < 4.78 is 58.5. The van der Waals surface area contributed by atoms with E-state index in [1.165, 1.54) is 12.5 Å². The van der Waals surface area contributed by atoms with Gasteiger partial charge in [0.05, 0.1) is 31.4 Å². The highest BCUT2D eigenvalue weighted by Gasteiger charge is 2.31. The van der Waals surface area contributed by atoms with Gasteiger partial charge >= 0.3 is 6.18 Å². The third kappa shape index (κ3) is 5.99. The van der Waals surface area contributed by atoms with Crippen LogP contribution >= 0.6 is 0 Å². The fraction of sp³-hybridized carbons (Fsp3) is 0.385. The molecule has 1 aliphatic heterocycles. The predicted octanol–water partition coefficient (Wildman–Crippen LogP) is 5.69. The third-order valence-corrected chi connectivity index (χ3v) is 5.61. The van der Waals surface area contributed by atoms with Crippen LogP contribution in [0.4, 0.5) is 24.7 Å². The number of ether oxygens (including phenoxy) is 3. The first-order valence-corrected chi connectivity index (χ1v) is 12.0. The van der Waals surface area contributed by atoms with E-state index in [0.29, 0.717) is 47.3 Å². The van der Waals surface area contributed by atoms with Crippen molar-refractivity contribution in [2.75, 3.05) is 31.4 Å². The van der Waals surface area contributed by atoms with E-state index in [0.717, 1.165) is 24.1 Å². The number of benzene rings is 2. The van der Waals surface area contributed by atoms with Crippen molar-refractivity contribution in [1.82, 2.24) is 14.4 Å². The van der Waals surface area contributed by atoms with Crippen molar-refractivity contribution >= 4 is 28.2 Å². The molecule has 4 aromatic rings. The van der Waals surface area contributed by atoms with E-state index in [-0.39, 0.29) is 18.3 Å². The van der Waals surface area contributed by atoms with Crippen LogP contribution in [0.2, 0.25) is 0 Å². The number of imidazole rings is 1. The number of nitrogens with two attached hydrogens (primary N) is 1. The number of nitrogens with zero attached hydrogens (tertiary/aromatic N) is 3. The van der Waals surface area contributed by atoms with Crippen LogP contribution in [0.1, 0.15) is 37.8 Å². The number of hydrogen-bond donors (Lipinski definition) is 2. The van der Waals surface area contributed by atoms with Crippen molar-refractivity contribution in [3.8, 4) is 11.5 Å². The molecule has 198 valence electrons. The van der Waals surface area contributed by atoms with Crippen LogP contribution in [0.25, 0.3) is 16.7 Å². The summed E-state index contributed by atoms with van der Waals surface area (Å²) in [5.41, 5.74) is 6.07. The highest BCUT2D eigenvalue weighted by atomic mass is 19.4. The molecule has 1 fully saturated rings.